The number of allylic oxidation sites excluding steroid dienone is 4. The third-order valence-corrected chi connectivity index (χ3v) is 7.43. The van der Waals surface area contributed by atoms with E-state index in [1.807, 2.05) is 0 Å². The Bertz CT molecular complexity index is 524. The highest BCUT2D eigenvalue weighted by Crippen LogP contribution is 2.61. The number of aliphatic hydroxyl groups excluding tert-OH is 1. The number of hydrogen-bond acceptors (Lipinski definition) is 1. The monoisotopic (exact) mass is 286 g/mol. The van der Waals surface area contributed by atoms with Crippen LogP contribution in [0.1, 0.15) is 72.1 Å². The van der Waals surface area contributed by atoms with E-state index in [1.54, 1.807) is 16.7 Å². The van der Waals surface area contributed by atoms with Crippen molar-refractivity contribution in [3.8, 4) is 0 Å². The Morgan fingerprint density at radius 1 is 1.05 bits per heavy atom. The van der Waals surface area contributed by atoms with E-state index in [4.69, 9.17) is 0 Å². The molecule has 0 heterocycles. The second-order valence-corrected chi connectivity index (χ2v) is 8.90. The van der Waals surface area contributed by atoms with Gasteiger partial charge in [0.05, 0.1) is 6.10 Å². The van der Waals surface area contributed by atoms with E-state index < -0.39 is 0 Å². The Labute approximate surface area is 129 Å². The molecular weight excluding hydrogens is 256 g/mol. The largest absolute Gasteiger partial charge is 0.393 e. The lowest BCUT2D eigenvalue weighted by Crippen LogP contribution is -2.43. The summed E-state index contributed by atoms with van der Waals surface area (Å²) in [5, 5.41) is 10.5. The molecule has 0 aromatic carbocycles. The smallest absolute Gasteiger partial charge is 0.0596 e. The molecule has 4 atom stereocenters. The van der Waals surface area contributed by atoms with Crippen molar-refractivity contribution < 1.29 is 5.11 Å². The van der Waals surface area contributed by atoms with Crippen molar-refractivity contribution in [2.24, 2.45) is 22.7 Å². The van der Waals surface area contributed by atoms with E-state index in [1.165, 1.54) is 44.9 Å². The van der Waals surface area contributed by atoms with E-state index in [2.05, 4.69) is 26.8 Å². The van der Waals surface area contributed by atoms with E-state index in [-0.39, 0.29) is 11.5 Å². The molecule has 116 valence electrons. The number of aliphatic hydroxyl groups is 1. The van der Waals surface area contributed by atoms with Crippen molar-refractivity contribution in [3.05, 3.63) is 22.8 Å². The molecule has 4 aliphatic carbocycles. The number of fused-ring (bicyclic) bond motifs is 4. The van der Waals surface area contributed by atoms with Gasteiger partial charge in [-0.1, -0.05) is 32.4 Å². The third kappa shape index (κ3) is 1.86. The predicted octanol–water partition coefficient (Wildman–Crippen LogP) is 5.01. The summed E-state index contributed by atoms with van der Waals surface area (Å²) in [6.07, 6.45) is 12.4. The van der Waals surface area contributed by atoms with Gasteiger partial charge < -0.3 is 5.11 Å². The highest BCUT2D eigenvalue weighted by Gasteiger charge is 2.53. The lowest BCUT2D eigenvalue weighted by atomic mass is 9.55. The molecule has 21 heavy (non-hydrogen) atoms. The maximum Gasteiger partial charge on any atom is 0.0596 e. The second kappa shape index (κ2) is 4.47. The van der Waals surface area contributed by atoms with Crippen LogP contribution in [0, 0.1) is 22.7 Å². The fraction of sp³-hybridized carbons (Fsp3) is 0.800. The topological polar surface area (TPSA) is 20.2 Å². The number of rotatable bonds is 0. The summed E-state index contributed by atoms with van der Waals surface area (Å²) in [5.74, 6) is 1.51. The Kier molecular flexibility index (Phi) is 2.99. The average molecular weight is 286 g/mol. The van der Waals surface area contributed by atoms with Crippen LogP contribution in [-0.2, 0) is 0 Å². The van der Waals surface area contributed by atoms with Gasteiger partial charge in [-0.2, -0.15) is 0 Å². The Morgan fingerprint density at radius 2 is 1.86 bits per heavy atom. The van der Waals surface area contributed by atoms with Crippen LogP contribution in [0.5, 0.6) is 0 Å². The maximum absolute atomic E-state index is 10.5. The van der Waals surface area contributed by atoms with Crippen LogP contribution in [0.3, 0.4) is 0 Å². The van der Waals surface area contributed by atoms with Crippen LogP contribution in [0.15, 0.2) is 22.8 Å². The zero-order chi connectivity index (χ0) is 14.8. The zero-order valence-corrected chi connectivity index (χ0v) is 13.9. The van der Waals surface area contributed by atoms with Crippen LogP contribution < -0.4 is 0 Å². The van der Waals surface area contributed by atoms with Gasteiger partial charge in [-0.3, -0.25) is 0 Å². The third-order valence-electron chi connectivity index (χ3n) is 7.43. The van der Waals surface area contributed by atoms with Crippen LogP contribution >= 0.6 is 0 Å². The Morgan fingerprint density at radius 3 is 2.67 bits per heavy atom. The highest BCUT2D eigenvalue weighted by atomic mass is 16.3. The molecule has 2 saturated carbocycles. The lowest BCUT2D eigenvalue weighted by Gasteiger charge is -2.50. The van der Waals surface area contributed by atoms with Gasteiger partial charge in [0, 0.05) is 0 Å². The summed E-state index contributed by atoms with van der Waals surface area (Å²) in [4.78, 5) is 0. The van der Waals surface area contributed by atoms with Crippen molar-refractivity contribution >= 4 is 0 Å². The van der Waals surface area contributed by atoms with Gasteiger partial charge >= 0.3 is 0 Å². The molecule has 0 aliphatic heterocycles. The minimum Gasteiger partial charge on any atom is -0.393 e. The molecule has 0 spiro atoms. The molecule has 2 fully saturated rings. The van der Waals surface area contributed by atoms with Gasteiger partial charge in [0.2, 0.25) is 0 Å². The van der Waals surface area contributed by atoms with Crippen LogP contribution in [0.2, 0.25) is 0 Å². The van der Waals surface area contributed by atoms with Crippen LogP contribution in [0.25, 0.3) is 0 Å². The molecule has 0 bridgehead atoms. The van der Waals surface area contributed by atoms with Gasteiger partial charge in [0.1, 0.15) is 0 Å². The highest BCUT2D eigenvalue weighted by molar-refractivity contribution is 5.46. The molecule has 1 heteroatoms. The van der Waals surface area contributed by atoms with Crippen LogP contribution in [-0.4, -0.2) is 11.2 Å². The molecule has 1 unspecified atom stereocenters. The van der Waals surface area contributed by atoms with Gasteiger partial charge in [-0.05, 0) is 85.2 Å². The molecule has 0 aromatic rings. The van der Waals surface area contributed by atoms with Crippen molar-refractivity contribution in [1.82, 2.24) is 0 Å². The molecule has 1 N–H and O–H groups in total. The number of hydrogen-bond donors (Lipinski definition) is 1. The molecule has 0 radical (unpaired) electrons. The SMILES string of the molecule is CC1(C)CCC=C2CC[C@@H]3C(=C21)CC[C@]1(C)C(O)CC[C@@H]31. The van der Waals surface area contributed by atoms with E-state index in [0.717, 1.165) is 18.3 Å². The first-order valence-electron chi connectivity index (χ1n) is 9.04. The predicted molar refractivity (Wildman–Crippen MR) is 86.9 cm³/mol. The minimum atomic E-state index is -0.0506. The second-order valence-electron chi connectivity index (χ2n) is 8.90. The molecule has 0 saturated heterocycles. The molecule has 4 aliphatic rings. The lowest BCUT2D eigenvalue weighted by molar-refractivity contribution is 0.00253. The molecule has 1 nitrogen and oxygen atoms in total. The van der Waals surface area contributed by atoms with E-state index in [9.17, 15) is 5.11 Å². The summed E-state index contributed by atoms with van der Waals surface area (Å²) in [7, 11) is 0. The summed E-state index contributed by atoms with van der Waals surface area (Å²) in [5.41, 5.74) is 5.81. The van der Waals surface area contributed by atoms with Gasteiger partial charge in [0.25, 0.3) is 0 Å². The maximum atomic E-state index is 10.5. The summed E-state index contributed by atoms with van der Waals surface area (Å²) in [6.45, 7) is 7.29. The van der Waals surface area contributed by atoms with Gasteiger partial charge in [-0.25, -0.2) is 0 Å². The molecular formula is C20H30O. The van der Waals surface area contributed by atoms with E-state index in [0.29, 0.717) is 5.41 Å². The minimum absolute atomic E-state index is 0.0506. The standard InChI is InChI=1S/C20H30O/c1-19(2)11-4-5-13-6-7-14-15(18(13)19)10-12-20(3)16(14)8-9-17(20)21/h5,14,16-17,21H,4,6-12H2,1-3H3/t14-,16+,17?,20+/m1/s1. The first-order chi connectivity index (χ1) is 9.93. The summed E-state index contributed by atoms with van der Waals surface area (Å²) >= 11 is 0. The first kappa shape index (κ1) is 14.1. The van der Waals surface area contributed by atoms with Crippen LogP contribution in [0.4, 0.5) is 0 Å². The zero-order valence-electron chi connectivity index (χ0n) is 13.9. The normalized spacial score (nSPS) is 44.8. The van der Waals surface area contributed by atoms with Gasteiger partial charge in [-0.15, -0.1) is 0 Å². The summed E-state index contributed by atoms with van der Waals surface area (Å²) < 4.78 is 0. The molecule has 0 amide bonds. The molecule has 0 aromatic heterocycles. The van der Waals surface area contributed by atoms with Crippen molar-refractivity contribution in [2.75, 3.05) is 0 Å². The summed E-state index contributed by atoms with van der Waals surface area (Å²) in [6, 6.07) is 0. The average Bonchev–Trinajstić information content (AvgIpc) is 2.74. The Balaban J connectivity index is 1.80. The van der Waals surface area contributed by atoms with Gasteiger partial charge in [0.15, 0.2) is 0 Å². The fourth-order valence-corrected chi connectivity index (χ4v) is 6.22. The quantitative estimate of drug-likeness (QED) is 0.663. The van der Waals surface area contributed by atoms with Crippen molar-refractivity contribution in [1.29, 1.82) is 0 Å². The van der Waals surface area contributed by atoms with Crippen molar-refractivity contribution in [2.45, 2.75) is 78.2 Å². The van der Waals surface area contributed by atoms with E-state index >= 15 is 0 Å². The fourth-order valence-electron chi connectivity index (χ4n) is 6.22. The first-order valence-corrected chi connectivity index (χ1v) is 9.04. The Hall–Kier alpha value is -0.560. The van der Waals surface area contributed by atoms with Crippen molar-refractivity contribution in [3.63, 3.8) is 0 Å². The molecule has 4 rings (SSSR count).